The molecule has 1 aromatic carbocycles. The SMILES string of the molecule is CC(C)c1cc(C(C)C)c([Si](Br)(Br)Br)c(C(C)C)c1. The fourth-order valence-corrected chi connectivity index (χ4v) is 7.78. The van der Waals surface area contributed by atoms with Crippen molar-refractivity contribution >= 4 is 55.0 Å². The summed E-state index contributed by atoms with van der Waals surface area (Å²) in [6, 6.07) is 4.78. The Morgan fingerprint density at radius 3 is 1.32 bits per heavy atom. The molecule has 0 nitrogen and oxygen atoms in total. The van der Waals surface area contributed by atoms with Crippen LogP contribution >= 0.6 is 45.9 Å². The molecule has 0 heterocycles. The molecule has 0 amide bonds. The van der Waals surface area contributed by atoms with Crippen LogP contribution in [0.5, 0.6) is 0 Å². The lowest BCUT2D eigenvalue weighted by molar-refractivity contribution is 0.813. The Balaban J connectivity index is 3.66. The molecular formula is C15H23Br3Si. The van der Waals surface area contributed by atoms with Gasteiger partial charge in [-0.25, -0.2) is 0 Å². The van der Waals surface area contributed by atoms with Crippen LogP contribution in [0.15, 0.2) is 12.1 Å². The zero-order valence-electron chi connectivity index (χ0n) is 12.5. The maximum absolute atomic E-state index is 3.86. The highest BCUT2D eigenvalue weighted by Gasteiger charge is 2.33. The Morgan fingerprint density at radius 1 is 0.737 bits per heavy atom. The summed E-state index contributed by atoms with van der Waals surface area (Å²) in [6.07, 6.45) is 0. The van der Waals surface area contributed by atoms with Crippen LogP contribution in [0.25, 0.3) is 0 Å². The molecule has 0 N–H and O–H groups in total. The highest BCUT2D eigenvalue weighted by Crippen LogP contribution is 2.35. The highest BCUT2D eigenvalue weighted by molar-refractivity contribution is 9.72. The quantitative estimate of drug-likeness (QED) is 0.353. The summed E-state index contributed by atoms with van der Waals surface area (Å²) < 4.78 is -1.87. The first kappa shape index (κ1) is 17.9. The van der Waals surface area contributed by atoms with Crippen LogP contribution < -0.4 is 5.19 Å². The Kier molecular flexibility index (Phi) is 6.38. The van der Waals surface area contributed by atoms with Crippen molar-refractivity contribution in [1.29, 1.82) is 0 Å². The fraction of sp³-hybridized carbons (Fsp3) is 0.600. The monoisotopic (exact) mass is 468 g/mol. The Bertz CT molecular complexity index is 416. The molecule has 0 saturated heterocycles. The van der Waals surface area contributed by atoms with E-state index in [2.05, 4.69) is 99.6 Å². The topological polar surface area (TPSA) is 0 Å². The van der Waals surface area contributed by atoms with Crippen LogP contribution in [-0.4, -0.2) is 3.93 Å². The van der Waals surface area contributed by atoms with Crippen LogP contribution in [0.2, 0.25) is 0 Å². The minimum atomic E-state index is -1.87. The van der Waals surface area contributed by atoms with Crippen molar-refractivity contribution in [2.24, 2.45) is 0 Å². The second-order valence-corrected chi connectivity index (χ2v) is 27.8. The average Bonchev–Trinajstić information content (AvgIpc) is 2.25. The van der Waals surface area contributed by atoms with Crippen molar-refractivity contribution < 1.29 is 0 Å². The molecular weight excluding hydrogens is 448 g/mol. The third-order valence-electron chi connectivity index (χ3n) is 3.42. The summed E-state index contributed by atoms with van der Waals surface area (Å²) in [5.74, 6) is 1.64. The lowest BCUT2D eigenvalue weighted by Gasteiger charge is -2.26. The standard InChI is InChI=1S/C15H23Br3Si/c1-9(2)12-7-13(10(3)4)15(19(16,17)18)14(8-12)11(5)6/h7-11H,1-6H3. The molecule has 0 saturated carbocycles. The predicted octanol–water partition coefficient (Wildman–Crippen LogP) is 6.39. The number of benzene rings is 1. The lowest BCUT2D eigenvalue weighted by atomic mass is 9.89. The van der Waals surface area contributed by atoms with Crippen molar-refractivity contribution in [2.75, 3.05) is 0 Å². The second kappa shape index (κ2) is 6.76. The normalized spacial score (nSPS) is 12.8. The molecule has 0 radical (unpaired) electrons. The fourth-order valence-electron chi connectivity index (χ4n) is 2.28. The zero-order valence-corrected chi connectivity index (χ0v) is 18.3. The third kappa shape index (κ3) is 4.42. The first-order chi connectivity index (χ1) is 8.55. The first-order valence-electron chi connectivity index (χ1n) is 6.80. The summed E-state index contributed by atoms with van der Waals surface area (Å²) in [7, 11) is 0. The molecule has 108 valence electrons. The van der Waals surface area contributed by atoms with Crippen LogP contribution in [0.1, 0.15) is 76.0 Å². The molecule has 0 aromatic heterocycles. The largest absolute Gasteiger partial charge is 0.298 e. The van der Waals surface area contributed by atoms with Gasteiger partial charge in [0.2, 0.25) is 0 Å². The molecule has 0 aliphatic heterocycles. The van der Waals surface area contributed by atoms with Crippen molar-refractivity contribution in [1.82, 2.24) is 0 Å². The Morgan fingerprint density at radius 2 is 1.11 bits per heavy atom. The van der Waals surface area contributed by atoms with Crippen LogP contribution in [0, 0.1) is 0 Å². The molecule has 0 aliphatic carbocycles. The number of hydrogen-bond acceptors (Lipinski definition) is 0. The van der Waals surface area contributed by atoms with Gasteiger partial charge in [0, 0.05) is 0 Å². The number of hydrogen-bond donors (Lipinski definition) is 0. The Hall–Kier alpha value is 0.877. The van der Waals surface area contributed by atoms with Gasteiger partial charge in [-0.2, -0.15) is 0 Å². The molecule has 0 unspecified atom stereocenters. The van der Waals surface area contributed by atoms with Crippen molar-refractivity contribution in [2.45, 2.75) is 59.3 Å². The summed E-state index contributed by atoms with van der Waals surface area (Å²) in [5.41, 5.74) is 4.38. The van der Waals surface area contributed by atoms with E-state index in [1.54, 1.807) is 0 Å². The van der Waals surface area contributed by atoms with E-state index in [1.807, 2.05) is 0 Å². The molecule has 0 atom stereocenters. The molecule has 0 bridgehead atoms. The smallest absolute Gasteiger partial charge is 0.0910 e. The van der Waals surface area contributed by atoms with E-state index >= 15 is 0 Å². The molecule has 0 spiro atoms. The minimum Gasteiger partial charge on any atom is -0.0910 e. The van der Waals surface area contributed by atoms with Crippen LogP contribution in [0.3, 0.4) is 0 Å². The van der Waals surface area contributed by atoms with Crippen molar-refractivity contribution in [3.63, 3.8) is 0 Å². The van der Waals surface area contributed by atoms with E-state index in [0.717, 1.165) is 0 Å². The van der Waals surface area contributed by atoms with Gasteiger partial charge in [-0.05, 0) is 39.6 Å². The number of rotatable bonds is 4. The molecule has 0 aliphatic rings. The van der Waals surface area contributed by atoms with E-state index in [-0.39, 0.29) is 0 Å². The van der Waals surface area contributed by atoms with Gasteiger partial charge < -0.3 is 0 Å². The van der Waals surface area contributed by atoms with E-state index in [0.29, 0.717) is 17.8 Å². The van der Waals surface area contributed by atoms with Gasteiger partial charge in [-0.3, -0.25) is 0 Å². The van der Waals surface area contributed by atoms with Gasteiger partial charge in [-0.1, -0.05) is 99.6 Å². The van der Waals surface area contributed by atoms with Crippen molar-refractivity contribution in [3.8, 4) is 0 Å². The van der Waals surface area contributed by atoms with Crippen molar-refractivity contribution in [3.05, 3.63) is 28.8 Å². The van der Waals surface area contributed by atoms with Gasteiger partial charge >= 0.3 is 0 Å². The molecule has 0 fully saturated rings. The number of halogens is 3. The minimum absolute atomic E-state index is 0.533. The molecule has 19 heavy (non-hydrogen) atoms. The summed E-state index contributed by atoms with van der Waals surface area (Å²) in [6.45, 7) is 13.6. The van der Waals surface area contributed by atoms with Gasteiger partial charge in [0.15, 0.2) is 0 Å². The first-order valence-corrected chi connectivity index (χ1v) is 15.6. The summed E-state index contributed by atoms with van der Waals surface area (Å²) in [5, 5.41) is 1.46. The second-order valence-electron chi connectivity index (χ2n) is 6.04. The van der Waals surface area contributed by atoms with Gasteiger partial charge in [0.25, 0.3) is 3.93 Å². The van der Waals surface area contributed by atoms with Crippen LogP contribution in [0.4, 0.5) is 0 Å². The van der Waals surface area contributed by atoms with E-state index in [1.165, 1.54) is 21.9 Å². The predicted molar refractivity (Wildman–Crippen MR) is 101 cm³/mol. The van der Waals surface area contributed by atoms with E-state index < -0.39 is 3.93 Å². The zero-order chi connectivity index (χ0) is 15.0. The van der Waals surface area contributed by atoms with Gasteiger partial charge in [-0.15, -0.1) is 0 Å². The maximum atomic E-state index is 3.86. The molecule has 4 heteroatoms. The third-order valence-corrected chi connectivity index (χ3v) is 8.13. The van der Waals surface area contributed by atoms with E-state index in [9.17, 15) is 0 Å². The maximum Gasteiger partial charge on any atom is 0.298 e. The summed E-state index contributed by atoms with van der Waals surface area (Å²) in [4.78, 5) is 0. The lowest BCUT2D eigenvalue weighted by Crippen LogP contribution is -2.36. The molecule has 1 rings (SSSR count). The van der Waals surface area contributed by atoms with E-state index in [4.69, 9.17) is 0 Å². The average molecular weight is 471 g/mol. The van der Waals surface area contributed by atoms with Crippen LogP contribution in [-0.2, 0) is 0 Å². The summed E-state index contributed by atoms with van der Waals surface area (Å²) >= 11 is 11.6. The van der Waals surface area contributed by atoms with Gasteiger partial charge in [0.05, 0.1) is 0 Å². The Labute approximate surface area is 142 Å². The highest BCUT2D eigenvalue weighted by atomic mass is 80.0. The molecule has 1 aromatic rings. The van der Waals surface area contributed by atoms with Gasteiger partial charge in [0.1, 0.15) is 0 Å².